The van der Waals surface area contributed by atoms with E-state index in [1.54, 1.807) is 0 Å². The van der Waals surface area contributed by atoms with Gasteiger partial charge in [0.2, 0.25) is 5.91 Å². The molecule has 1 aromatic heterocycles. The van der Waals surface area contributed by atoms with Crippen molar-refractivity contribution >= 4 is 5.91 Å². The third-order valence-electron chi connectivity index (χ3n) is 5.29. The normalized spacial score (nSPS) is 18.3. The summed E-state index contributed by atoms with van der Waals surface area (Å²) < 4.78 is 2.04. The van der Waals surface area contributed by atoms with Crippen LogP contribution in [0.1, 0.15) is 44.4 Å². The molecule has 2 heterocycles. The maximum absolute atomic E-state index is 12.7. The molecule has 5 nitrogen and oxygen atoms in total. The number of hydrogen-bond acceptors (Lipinski definition) is 3. The van der Waals surface area contributed by atoms with Crippen LogP contribution in [0.2, 0.25) is 0 Å². The van der Waals surface area contributed by atoms with Crippen LogP contribution < -0.4 is 5.73 Å². The zero-order valence-electron chi connectivity index (χ0n) is 15.9. The molecule has 1 atom stereocenters. The summed E-state index contributed by atoms with van der Waals surface area (Å²) in [6, 6.07) is 9.74. The monoisotopic (exact) mass is 354 g/mol. The minimum atomic E-state index is -0.517. The van der Waals surface area contributed by atoms with Gasteiger partial charge in [-0.1, -0.05) is 44.2 Å². The highest BCUT2D eigenvalue weighted by Crippen LogP contribution is 2.29. The Morgan fingerprint density at radius 2 is 2.00 bits per heavy atom. The van der Waals surface area contributed by atoms with Gasteiger partial charge in [-0.3, -0.25) is 4.79 Å². The molecule has 26 heavy (non-hydrogen) atoms. The number of carbonyl (C=O) groups is 1. The summed E-state index contributed by atoms with van der Waals surface area (Å²) in [5, 5.41) is 0. The van der Waals surface area contributed by atoms with Crippen molar-refractivity contribution in [1.29, 1.82) is 0 Å². The topological polar surface area (TPSA) is 64.2 Å². The number of imidazole rings is 1. The van der Waals surface area contributed by atoms with Gasteiger partial charge < -0.3 is 15.2 Å². The summed E-state index contributed by atoms with van der Waals surface area (Å²) in [7, 11) is 0. The molecule has 1 fully saturated rings. The predicted molar refractivity (Wildman–Crippen MR) is 104 cm³/mol. The lowest BCUT2D eigenvalue weighted by atomic mass is 9.85. The standard InChI is InChI=1S/C21H30N4O/c1-21(2)9-6-11-25(12-10-21)20(26)19(22)13-18-15-24(16-23-18)14-17-7-4-3-5-8-17/h3-5,7-8,15-16,19H,6,9-14,22H2,1-2H3/t19-/m0/s1. The minimum absolute atomic E-state index is 0.0558. The Hall–Kier alpha value is -2.14. The van der Waals surface area contributed by atoms with E-state index < -0.39 is 6.04 Å². The van der Waals surface area contributed by atoms with Gasteiger partial charge in [0.05, 0.1) is 18.1 Å². The molecular formula is C21H30N4O. The van der Waals surface area contributed by atoms with E-state index in [2.05, 4.69) is 31.0 Å². The maximum Gasteiger partial charge on any atom is 0.239 e. The molecule has 2 aromatic rings. The van der Waals surface area contributed by atoms with Crippen molar-refractivity contribution in [2.45, 2.75) is 52.1 Å². The van der Waals surface area contributed by atoms with E-state index in [0.29, 0.717) is 11.8 Å². The lowest BCUT2D eigenvalue weighted by molar-refractivity contribution is -0.132. The highest BCUT2D eigenvalue weighted by atomic mass is 16.2. The van der Waals surface area contributed by atoms with Crippen molar-refractivity contribution in [3.8, 4) is 0 Å². The Kier molecular flexibility index (Phi) is 5.77. The van der Waals surface area contributed by atoms with E-state index >= 15 is 0 Å². The van der Waals surface area contributed by atoms with Crippen LogP contribution in [0.4, 0.5) is 0 Å². The van der Waals surface area contributed by atoms with Gasteiger partial charge in [0.1, 0.15) is 0 Å². The molecule has 2 N–H and O–H groups in total. The fourth-order valence-corrected chi connectivity index (χ4v) is 3.58. The Morgan fingerprint density at radius 1 is 1.23 bits per heavy atom. The number of benzene rings is 1. The first-order valence-electron chi connectivity index (χ1n) is 9.52. The molecule has 0 saturated carbocycles. The quantitative estimate of drug-likeness (QED) is 0.898. The number of nitrogens with two attached hydrogens (primary N) is 1. The molecule has 5 heteroatoms. The third-order valence-corrected chi connectivity index (χ3v) is 5.29. The summed E-state index contributed by atoms with van der Waals surface area (Å²) in [5.74, 6) is 0.0558. The zero-order chi connectivity index (χ0) is 18.6. The van der Waals surface area contributed by atoms with Crippen molar-refractivity contribution in [2.24, 2.45) is 11.1 Å². The van der Waals surface area contributed by atoms with Gasteiger partial charge in [-0.05, 0) is 30.2 Å². The smallest absolute Gasteiger partial charge is 0.239 e. The number of rotatable bonds is 5. The SMILES string of the molecule is CC1(C)CCCN(C(=O)[C@@H](N)Cc2cn(Cc3ccccc3)cn2)CC1. The van der Waals surface area contributed by atoms with Gasteiger partial charge >= 0.3 is 0 Å². The highest BCUT2D eigenvalue weighted by molar-refractivity contribution is 5.82. The third kappa shape index (κ3) is 4.94. The first-order valence-corrected chi connectivity index (χ1v) is 9.52. The highest BCUT2D eigenvalue weighted by Gasteiger charge is 2.28. The molecule has 0 aliphatic carbocycles. The Morgan fingerprint density at radius 3 is 2.77 bits per heavy atom. The number of nitrogens with zero attached hydrogens (tertiary/aromatic N) is 3. The molecule has 140 valence electrons. The largest absolute Gasteiger partial charge is 0.341 e. The van der Waals surface area contributed by atoms with Gasteiger partial charge in [0.25, 0.3) is 0 Å². The number of aromatic nitrogens is 2. The average Bonchev–Trinajstić information content (AvgIpc) is 2.96. The first-order chi connectivity index (χ1) is 12.4. The van der Waals surface area contributed by atoms with Crippen LogP contribution in [0, 0.1) is 5.41 Å². The van der Waals surface area contributed by atoms with Gasteiger partial charge in [-0.15, -0.1) is 0 Å². The van der Waals surface area contributed by atoms with Crippen LogP contribution in [-0.4, -0.2) is 39.5 Å². The van der Waals surface area contributed by atoms with Gasteiger partial charge in [0.15, 0.2) is 0 Å². The van der Waals surface area contributed by atoms with E-state index in [9.17, 15) is 4.79 Å². The Bertz CT molecular complexity index is 723. The molecule has 3 rings (SSSR count). The van der Waals surface area contributed by atoms with E-state index in [1.165, 1.54) is 5.56 Å². The van der Waals surface area contributed by atoms with E-state index in [-0.39, 0.29) is 5.91 Å². The second kappa shape index (κ2) is 8.04. The van der Waals surface area contributed by atoms with Crippen LogP contribution in [0.3, 0.4) is 0 Å². The number of likely N-dealkylation sites (tertiary alicyclic amines) is 1. The van der Waals surface area contributed by atoms with Gasteiger partial charge in [-0.25, -0.2) is 4.98 Å². The zero-order valence-corrected chi connectivity index (χ0v) is 15.9. The molecule has 1 amide bonds. The number of hydrogen-bond donors (Lipinski definition) is 1. The summed E-state index contributed by atoms with van der Waals surface area (Å²) >= 11 is 0. The van der Waals surface area contributed by atoms with Crippen molar-refractivity contribution < 1.29 is 4.79 Å². The molecule has 1 aliphatic rings. The number of carbonyl (C=O) groups excluding carboxylic acids is 1. The molecule has 0 spiro atoms. The van der Waals surface area contributed by atoms with Crippen molar-refractivity contribution in [2.75, 3.05) is 13.1 Å². The minimum Gasteiger partial charge on any atom is -0.341 e. The molecule has 0 bridgehead atoms. The molecule has 1 aliphatic heterocycles. The van der Waals surface area contributed by atoms with Crippen LogP contribution in [0.5, 0.6) is 0 Å². The summed E-state index contributed by atoms with van der Waals surface area (Å²) in [4.78, 5) is 19.1. The van der Waals surface area contributed by atoms with Crippen LogP contribution in [0.15, 0.2) is 42.9 Å². The number of amides is 1. The fraction of sp³-hybridized carbons (Fsp3) is 0.524. The molecule has 1 saturated heterocycles. The van der Waals surface area contributed by atoms with Crippen molar-refractivity contribution in [1.82, 2.24) is 14.5 Å². The van der Waals surface area contributed by atoms with Crippen molar-refractivity contribution in [3.05, 3.63) is 54.1 Å². The first kappa shape index (κ1) is 18.6. The summed E-state index contributed by atoms with van der Waals surface area (Å²) in [5.41, 5.74) is 8.63. The molecule has 0 radical (unpaired) electrons. The molecular weight excluding hydrogens is 324 g/mol. The Balaban J connectivity index is 1.56. The fourth-order valence-electron chi connectivity index (χ4n) is 3.58. The van der Waals surface area contributed by atoms with Gasteiger partial charge in [0, 0.05) is 32.3 Å². The predicted octanol–water partition coefficient (Wildman–Crippen LogP) is 2.84. The van der Waals surface area contributed by atoms with Crippen molar-refractivity contribution in [3.63, 3.8) is 0 Å². The second-order valence-electron chi connectivity index (χ2n) is 8.18. The lowest BCUT2D eigenvalue weighted by Gasteiger charge is -2.25. The van der Waals surface area contributed by atoms with E-state index in [0.717, 1.165) is 44.6 Å². The average molecular weight is 354 g/mol. The molecule has 1 aromatic carbocycles. The van der Waals surface area contributed by atoms with E-state index in [1.807, 2.05) is 40.2 Å². The van der Waals surface area contributed by atoms with Crippen LogP contribution >= 0.6 is 0 Å². The second-order valence-corrected chi connectivity index (χ2v) is 8.18. The van der Waals surface area contributed by atoms with Crippen LogP contribution in [-0.2, 0) is 17.8 Å². The van der Waals surface area contributed by atoms with E-state index in [4.69, 9.17) is 5.73 Å². The Labute approximate surface area is 156 Å². The lowest BCUT2D eigenvalue weighted by Crippen LogP contribution is -2.45. The van der Waals surface area contributed by atoms with Crippen LogP contribution in [0.25, 0.3) is 0 Å². The molecule has 0 unspecified atom stereocenters. The van der Waals surface area contributed by atoms with Gasteiger partial charge in [-0.2, -0.15) is 0 Å². The summed E-state index contributed by atoms with van der Waals surface area (Å²) in [6.45, 7) is 6.96. The maximum atomic E-state index is 12.7. The summed E-state index contributed by atoms with van der Waals surface area (Å²) in [6.07, 6.45) is 7.55.